The van der Waals surface area contributed by atoms with E-state index in [1.165, 1.54) is 16.8 Å². The highest BCUT2D eigenvalue weighted by molar-refractivity contribution is 7.80. The Morgan fingerprint density at radius 2 is 1.85 bits per heavy atom. The third-order valence-electron chi connectivity index (χ3n) is 3.73. The number of nitrogens with zero attached hydrogens (tertiary/aromatic N) is 1. The molecule has 0 aliphatic carbocycles. The van der Waals surface area contributed by atoms with Gasteiger partial charge >= 0.3 is 0 Å². The van der Waals surface area contributed by atoms with Crippen LogP contribution in [-0.2, 0) is 6.42 Å². The van der Waals surface area contributed by atoms with E-state index in [1.54, 1.807) is 0 Å². The average Bonchev–Trinajstić information content (AvgIpc) is 2.77. The number of fused-ring (bicyclic) bond motifs is 1. The average molecular weight is 282 g/mol. The minimum Gasteiger partial charge on any atom is -0.332 e. The van der Waals surface area contributed by atoms with Crippen molar-refractivity contribution in [2.75, 3.05) is 10.2 Å². The fourth-order valence-corrected chi connectivity index (χ4v) is 3.09. The molecule has 102 valence electrons. The van der Waals surface area contributed by atoms with Crippen molar-refractivity contribution >= 4 is 28.7 Å². The van der Waals surface area contributed by atoms with Gasteiger partial charge in [0.25, 0.3) is 0 Å². The number of thiocarbonyl (C=S) groups is 1. The lowest BCUT2D eigenvalue weighted by atomic mass is 10.1. The predicted molar refractivity (Wildman–Crippen MR) is 89.5 cm³/mol. The summed E-state index contributed by atoms with van der Waals surface area (Å²) in [6, 6.07) is 17.2. The van der Waals surface area contributed by atoms with E-state index >= 15 is 0 Å². The van der Waals surface area contributed by atoms with Gasteiger partial charge in [0.1, 0.15) is 0 Å². The number of benzene rings is 2. The van der Waals surface area contributed by atoms with Crippen molar-refractivity contribution in [3.8, 4) is 0 Å². The summed E-state index contributed by atoms with van der Waals surface area (Å²) in [5.74, 6) is 0. The summed E-state index contributed by atoms with van der Waals surface area (Å²) < 4.78 is 0. The summed E-state index contributed by atoms with van der Waals surface area (Å²) in [5.41, 5.74) is 4.89. The van der Waals surface area contributed by atoms with Gasteiger partial charge in [-0.05, 0) is 56.2 Å². The van der Waals surface area contributed by atoms with Crippen molar-refractivity contribution in [2.45, 2.75) is 26.3 Å². The first kappa shape index (κ1) is 13.1. The molecule has 20 heavy (non-hydrogen) atoms. The van der Waals surface area contributed by atoms with E-state index in [4.69, 9.17) is 12.2 Å². The molecule has 3 rings (SSSR count). The first-order valence-electron chi connectivity index (χ1n) is 6.90. The largest absolute Gasteiger partial charge is 0.332 e. The Hall–Kier alpha value is -1.87. The maximum atomic E-state index is 5.60. The third kappa shape index (κ3) is 2.41. The fourth-order valence-electron chi connectivity index (χ4n) is 2.70. The van der Waals surface area contributed by atoms with Gasteiger partial charge in [-0.15, -0.1) is 0 Å². The molecule has 0 saturated carbocycles. The summed E-state index contributed by atoms with van der Waals surface area (Å²) in [5, 5.41) is 4.11. The van der Waals surface area contributed by atoms with Gasteiger partial charge in [-0.3, -0.25) is 0 Å². The van der Waals surface area contributed by atoms with E-state index in [0.29, 0.717) is 6.04 Å². The molecule has 0 radical (unpaired) electrons. The topological polar surface area (TPSA) is 15.3 Å². The molecule has 2 aromatic rings. The van der Waals surface area contributed by atoms with Crippen LogP contribution in [0.2, 0.25) is 0 Å². The van der Waals surface area contributed by atoms with Crippen LogP contribution < -0.4 is 10.2 Å². The third-order valence-corrected chi connectivity index (χ3v) is 4.03. The van der Waals surface area contributed by atoms with Crippen molar-refractivity contribution < 1.29 is 0 Å². The Morgan fingerprint density at radius 1 is 1.15 bits per heavy atom. The monoisotopic (exact) mass is 282 g/mol. The van der Waals surface area contributed by atoms with Crippen LogP contribution in [-0.4, -0.2) is 11.2 Å². The molecule has 0 bridgehead atoms. The second-order valence-electron chi connectivity index (χ2n) is 5.35. The first-order valence-corrected chi connectivity index (χ1v) is 7.31. The molecule has 0 fully saturated rings. The second kappa shape index (κ2) is 5.25. The van der Waals surface area contributed by atoms with Crippen LogP contribution >= 0.6 is 12.2 Å². The lowest BCUT2D eigenvalue weighted by Gasteiger charge is -2.26. The molecule has 2 aromatic carbocycles. The van der Waals surface area contributed by atoms with Crippen LogP contribution in [0.25, 0.3) is 0 Å². The van der Waals surface area contributed by atoms with Gasteiger partial charge in [0.05, 0.1) is 0 Å². The Morgan fingerprint density at radius 3 is 2.60 bits per heavy atom. The molecule has 1 heterocycles. The highest BCUT2D eigenvalue weighted by Crippen LogP contribution is 2.32. The number of para-hydroxylation sites is 1. The lowest BCUT2D eigenvalue weighted by molar-refractivity contribution is 0.776. The molecule has 0 saturated heterocycles. The van der Waals surface area contributed by atoms with Gasteiger partial charge < -0.3 is 10.2 Å². The summed E-state index contributed by atoms with van der Waals surface area (Å²) in [6.07, 6.45) is 1.05. The number of nitrogens with one attached hydrogen (secondary N) is 1. The van der Waals surface area contributed by atoms with Crippen molar-refractivity contribution in [3.63, 3.8) is 0 Å². The van der Waals surface area contributed by atoms with E-state index in [-0.39, 0.29) is 0 Å². The standard InChI is InChI=1S/C17H18N2S/c1-12-7-9-15(10-8-12)18-17(20)19-13(2)11-14-5-3-4-6-16(14)19/h3-10,13H,11H2,1-2H3,(H,18,20)/t13-/m0/s1. The van der Waals surface area contributed by atoms with E-state index in [9.17, 15) is 0 Å². The van der Waals surface area contributed by atoms with Gasteiger partial charge in [-0.2, -0.15) is 0 Å². The van der Waals surface area contributed by atoms with E-state index in [1.807, 2.05) is 0 Å². The predicted octanol–water partition coefficient (Wildman–Crippen LogP) is 4.14. The summed E-state index contributed by atoms with van der Waals surface area (Å²) in [4.78, 5) is 2.21. The van der Waals surface area contributed by atoms with Crippen LogP contribution in [0.1, 0.15) is 18.1 Å². The molecule has 0 amide bonds. The molecular formula is C17H18N2S. The maximum Gasteiger partial charge on any atom is 0.178 e. The fraction of sp³-hybridized carbons (Fsp3) is 0.235. The van der Waals surface area contributed by atoms with Gasteiger partial charge in [-0.1, -0.05) is 35.9 Å². The number of hydrogen-bond donors (Lipinski definition) is 1. The molecular weight excluding hydrogens is 264 g/mol. The zero-order chi connectivity index (χ0) is 14.1. The highest BCUT2D eigenvalue weighted by atomic mass is 32.1. The molecule has 0 aromatic heterocycles. The van der Waals surface area contributed by atoms with Gasteiger partial charge in [0.2, 0.25) is 0 Å². The van der Waals surface area contributed by atoms with Gasteiger partial charge in [0.15, 0.2) is 5.11 Å². The molecule has 0 unspecified atom stereocenters. The van der Waals surface area contributed by atoms with Crippen molar-refractivity contribution in [1.29, 1.82) is 0 Å². The Bertz CT molecular complexity index is 634. The van der Waals surface area contributed by atoms with E-state index in [0.717, 1.165) is 17.2 Å². The molecule has 1 N–H and O–H groups in total. The Kier molecular flexibility index (Phi) is 3.45. The van der Waals surface area contributed by atoms with E-state index in [2.05, 4.69) is 72.6 Å². The molecule has 0 spiro atoms. The molecule has 2 nitrogen and oxygen atoms in total. The van der Waals surface area contributed by atoms with Crippen LogP contribution in [0.3, 0.4) is 0 Å². The molecule has 1 aliphatic rings. The van der Waals surface area contributed by atoms with Crippen LogP contribution in [0.4, 0.5) is 11.4 Å². The minimum atomic E-state index is 0.401. The molecule has 1 aliphatic heterocycles. The quantitative estimate of drug-likeness (QED) is 0.791. The zero-order valence-corrected chi connectivity index (χ0v) is 12.6. The minimum absolute atomic E-state index is 0.401. The van der Waals surface area contributed by atoms with Crippen LogP contribution in [0, 0.1) is 6.92 Å². The Labute approximate surface area is 125 Å². The summed E-state index contributed by atoms with van der Waals surface area (Å²) in [7, 11) is 0. The number of aryl methyl sites for hydroxylation is 1. The summed E-state index contributed by atoms with van der Waals surface area (Å²) in [6.45, 7) is 4.30. The van der Waals surface area contributed by atoms with Crippen LogP contribution in [0.15, 0.2) is 48.5 Å². The second-order valence-corrected chi connectivity index (χ2v) is 5.73. The SMILES string of the molecule is Cc1ccc(NC(=S)N2c3ccccc3C[C@@H]2C)cc1. The lowest BCUT2D eigenvalue weighted by Crippen LogP contribution is -2.38. The first-order chi connectivity index (χ1) is 9.65. The van der Waals surface area contributed by atoms with Crippen LogP contribution in [0.5, 0.6) is 0 Å². The number of rotatable bonds is 1. The highest BCUT2D eigenvalue weighted by Gasteiger charge is 2.28. The zero-order valence-electron chi connectivity index (χ0n) is 11.8. The van der Waals surface area contributed by atoms with Crippen molar-refractivity contribution in [3.05, 3.63) is 59.7 Å². The maximum absolute atomic E-state index is 5.60. The molecule has 3 heteroatoms. The Balaban J connectivity index is 1.82. The normalized spacial score (nSPS) is 16.9. The number of anilines is 2. The van der Waals surface area contributed by atoms with Gasteiger partial charge in [0, 0.05) is 17.4 Å². The van der Waals surface area contributed by atoms with Crippen molar-refractivity contribution in [2.24, 2.45) is 0 Å². The number of hydrogen-bond acceptors (Lipinski definition) is 1. The van der Waals surface area contributed by atoms with Gasteiger partial charge in [-0.25, -0.2) is 0 Å². The summed E-state index contributed by atoms with van der Waals surface area (Å²) >= 11 is 5.60. The van der Waals surface area contributed by atoms with Crippen molar-refractivity contribution in [1.82, 2.24) is 0 Å². The smallest absolute Gasteiger partial charge is 0.178 e. The molecule has 1 atom stereocenters. The van der Waals surface area contributed by atoms with E-state index < -0.39 is 0 Å².